The largest absolute Gasteiger partial charge is 0.486 e. The first-order chi connectivity index (χ1) is 14.8. The summed E-state index contributed by atoms with van der Waals surface area (Å²) < 4.78 is 11.2. The number of nitrogens with zero attached hydrogens (tertiary/aromatic N) is 1. The Labute approximate surface area is 201 Å². The first-order valence-corrected chi connectivity index (χ1v) is 11.4. The number of esters is 1. The lowest BCUT2D eigenvalue weighted by Gasteiger charge is -2.12. The van der Waals surface area contributed by atoms with Crippen LogP contribution in [-0.4, -0.2) is 35.2 Å². The van der Waals surface area contributed by atoms with Gasteiger partial charge in [-0.15, -0.1) is 0 Å². The van der Waals surface area contributed by atoms with E-state index < -0.39 is 23.7 Å². The van der Waals surface area contributed by atoms with E-state index in [0.29, 0.717) is 25.8 Å². The van der Waals surface area contributed by atoms with E-state index >= 15 is 0 Å². The van der Waals surface area contributed by atoms with E-state index in [1.807, 2.05) is 18.2 Å². The first kappa shape index (κ1) is 23.7. The van der Waals surface area contributed by atoms with Crippen molar-refractivity contribution in [1.29, 1.82) is 0 Å². The number of hydrogen-bond donors (Lipinski definition) is 0. The number of halogens is 3. The van der Waals surface area contributed by atoms with Crippen molar-refractivity contribution in [3.05, 3.63) is 66.9 Å². The van der Waals surface area contributed by atoms with Gasteiger partial charge in [0.15, 0.2) is 5.75 Å². The molecule has 3 rings (SSSR count). The summed E-state index contributed by atoms with van der Waals surface area (Å²) in [6.45, 7) is 1.62. The molecule has 1 saturated heterocycles. The molecule has 2 aromatic rings. The van der Waals surface area contributed by atoms with Crippen LogP contribution in [0, 0.1) is 0 Å². The van der Waals surface area contributed by atoms with E-state index in [1.165, 1.54) is 6.08 Å². The Morgan fingerprint density at radius 3 is 2.61 bits per heavy atom. The summed E-state index contributed by atoms with van der Waals surface area (Å²) in [5.74, 6) is -0.777. The Bertz CT molecular complexity index is 1050. The molecule has 0 radical (unpaired) electrons. The quantitative estimate of drug-likeness (QED) is 0.317. The molecule has 0 saturated carbocycles. The number of benzene rings is 2. The molecular weight excluding hydrogens is 529 g/mol. The minimum Gasteiger partial charge on any atom is -0.486 e. The van der Waals surface area contributed by atoms with Gasteiger partial charge in [0.1, 0.15) is 13.2 Å². The van der Waals surface area contributed by atoms with Crippen LogP contribution in [0.25, 0.3) is 6.08 Å². The third-order valence-electron chi connectivity index (χ3n) is 4.11. The fourth-order valence-corrected chi connectivity index (χ4v) is 4.71. The van der Waals surface area contributed by atoms with Crippen LogP contribution in [0.5, 0.6) is 5.75 Å². The fourth-order valence-electron chi connectivity index (χ4n) is 2.69. The van der Waals surface area contributed by atoms with Crippen molar-refractivity contribution >= 4 is 74.1 Å². The lowest BCUT2D eigenvalue weighted by Crippen LogP contribution is -2.34. The summed E-state index contributed by atoms with van der Waals surface area (Å²) in [5, 5.41) is 0.373. The molecule has 1 aliphatic rings. The van der Waals surface area contributed by atoms with Crippen molar-refractivity contribution in [2.75, 3.05) is 13.2 Å². The van der Waals surface area contributed by atoms with Crippen LogP contribution in [0.2, 0.25) is 10.0 Å². The summed E-state index contributed by atoms with van der Waals surface area (Å²) in [6, 6.07) is 10.7. The second kappa shape index (κ2) is 10.5. The number of amides is 2. The summed E-state index contributed by atoms with van der Waals surface area (Å²) in [4.78, 5) is 37.3. The van der Waals surface area contributed by atoms with Gasteiger partial charge in [-0.25, -0.2) is 0 Å². The molecule has 2 aromatic carbocycles. The number of hydrogen-bond acceptors (Lipinski definition) is 6. The molecule has 6 nitrogen and oxygen atoms in total. The van der Waals surface area contributed by atoms with E-state index in [4.69, 9.17) is 32.7 Å². The Balaban J connectivity index is 1.76. The number of carbonyl (C=O) groups excluding carboxylic acids is 3. The molecule has 31 heavy (non-hydrogen) atoms. The summed E-state index contributed by atoms with van der Waals surface area (Å²) >= 11 is 16.7. The molecule has 10 heteroatoms. The zero-order chi connectivity index (χ0) is 22.5. The summed E-state index contributed by atoms with van der Waals surface area (Å²) in [6.07, 6.45) is 1.53. The minimum atomic E-state index is -0.642. The van der Waals surface area contributed by atoms with E-state index in [9.17, 15) is 14.4 Å². The standard InChI is InChI=1S/C21H16BrCl2NO5S/c1-2-29-18(26)10-25-20(27)17(31-21(25)28)9-12-7-14(22)19(16(24)8-12)30-11-13-5-3-4-6-15(13)23/h3-9H,2,10-11H2,1H3/b17-9+. The molecular formula is C21H16BrCl2NO5S. The van der Waals surface area contributed by atoms with Crippen molar-refractivity contribution in [1.82, 2.24) is 4.90 Å². The van der Waals surface area contributed by atoms with Crippen molar-refractivity contribution in [3.63, 3.8) is 0 Å². The fraction of sp³-hybridized carbons (Fsp3) is 0.190. The monoisotopic (exact) mass is 543 g/mol. The van der Waals surface area contributed by atoms with Gasteiger partial charge in [-0.1, -0.05) is 41.4 Å². The molecule has 0 atom stereocenters. The molecule has 0 N–H and O–H groups in total. The van der Waals surface area contributed by atoms with Gasteiger partial charge in [0.25, 0.3) is 11.1 Å². The van der Waals surface area contributed by atoms with Crippen molar-refractivity contribution in [3.8, 4) is 5.75 Å². The molecule has 0 aliphatic carbocycles. The Morgan fingerprint density at radius 2 is 1.94 bits per heavy atom. The van der Waals surface area contributed by atoms with Crippen LogP contribution >= 0.6 is 50.9 Å². The maximum atomic E-state index is 12.5. The molecule has 1 heterocycles. The van der Waals surface area contributed by atoms with Crippen molar-refractivity contribution in [2.24, 2.45) is 0 Å². The maximum Gasteiger partial charge on any atom is 0.326 e. The first-order valence-electron chi connectivity index (χ1n) is 9.06. The Kier molecular flexibility index (Phi) is 8.05. The van der Waals surface area contributed by atoms with E-state index in [1.54, 1.807) is 25.1 Å². The third kappa shape index (κ3) is 5.83. The zero-order valence-electron chi connectivity index (χ0n) is 16.2. The third-order valence-corrected chi connectivity index (χ3v) is 6.26. The number of carbonyl (C=O) groups is 3. The lowest BCUT2D eigenvalue weighted by molar-refractivity contribution is -0.145. The smallest absolute Gasteiger partial charge is 0.326 e. The normalized spacial score (nSPS) is 15.0. The zero-order valence-corrected chi connectivity index (χ0v) is 20.1. The highest BCUT2D eigenvalue weighted by Gasteiger charge is 2.36. The number of rotatable bonds is 7. The molecule has 0 unspecified atom stereocenters. The van der Waals surface area contributed by atoms with E-state index in [0.717, 1.165) is 22.2 Å². The predicted octanol–water partition coefficient (Wildman–Crippen LogP) is 5.93. The number of imide groups is 1. The van der Waals surface area contributed by atoms with Crippen LogP contribution in [0.3, 0.4) is 0 Å². The van der Waals surface area contributed by atoms with Crippen LogP contribution in [-0.2, 0) is 20.9 Å². The molecule has 162 valence electrons. The van der Waals surface area contributed by atoms with Gasteiger partial charge >= 0.3 is 5.97 Å². The van der Waals surface area contributed by atoms with E-state index in [2.05, 4.69) is 15.9 Å². The second-order valence-electron chi connectivity index (χ2n) is 6.27. The topological polar surface area (TPSA) is 72.9 Å². The average Bonchev–Trinajstić information content (AvgIpc) is 2.96. The van der Waals surface area contributed by atoms with Gasteiger partial charge in [0.2, 0.25) is 0 Å². The molecule has 0 aromatic heterocycles. The van der Waals surface area contributed by atoms with Crippen LogP contribution in [0.15, 0.2) is 45.8 Å². The summed E-state index contributed by atoms with van der Waals surface area (Å²) in [7, 11) is 0. The van der Waals surface area contributed by atoms with Gasteiger partial charge < -0.3 is 9.47 Å². The highest BCUT2D eigenvalue weighted by atomic mass is 79.9. The van der Waals surface area contributed by atoms with Crippen molar-refractivity contribution in [2.45, 2.75) is 13.5 Å². The number of thioether (sulfide) groups is 1. The molecule has 1 fully saturated rings. The highest BCUT2D eigenvalue weighted by Crippen LogP contribution is 2.38. The molecule has 1 aliphatic heterocycles. The van der Waals surface area contributed by atoms with Gasteiger partial charge in [0.05, 0.1) is 21.0 Å². The Morgan fingerprint density at radius 1 is 1.19 bits per heavy atom. The molecule has 2 amide bonds. The number of ether oxygens (including phenoxy) is 2. The predicted molar refractivity (Wildman–Crippen MR) is 124 cm³/mol. The molecule has 0 spiro atoms. The van der Waals surface area contributed by atoms with Gasteiger partial charge in [0, 0.05) is 10.6 Å². The van der Waals surface area contributed by atoms with Crippen LogP contribution < -0.4 is 4.74 Å². The van der Waals surface area contributed by atoms with Crippen molar-refractivity contribution < 1.29 is 23.9 Å². The van der Waals surface area contributed by atoms with Gasteiger partial charge in [-0.05, 0) is 64.5 Å². The lowest BCUT2D eigenvalue weighted by atomic mass is 10.2. The van der Waals surface area contributed by atoms with Crippen LogP contribution in [0.4, 0.5) is 4.79 Å². The summed E-state index contributed by atoms with van der Waals surface area (Å²) in [5.41, 5.74) is 1.40. The highest BCUT2D eigenvalue weighted by molar-refractivity contribution is 9.10. The molecule has 0 bridgehead atoms. The average molecular weight is 545 g/mol. The minimum absolute atomic E-state index is 0.169. The van der Waals surface area contributed by atoms with Gasteiger partial charge in [-0.2, -0.15) is 0 Å². The Hall–Kier alpha value is -2.00. The SMILES string of the molecule is CCOC(=O)CN1C(=O)S/C(=C/c2cc(Cl)c(OCc3ccccc3Cl)c(Br)c2)C1=O. The second-order valence-corrected chi connectivity index (χ2v) is 8.93. The maximum absolute atomic E-state index is 12.5. The van der Waals surface area contributed by atoms with Gasteiger partial charge in [-0.3, -0.25) is 19.3 Å². The van der Waals surface area contributed by atoms with E-state index in [-0.39, 0.29) is 18.1 Å². The van der Waals surface area contributed by atoms with Crippen LogP contribution in [0.1, 0.15) is 18.1 Å².